The number of carbonyl (C=O) groups is 1. The quantitative estimate of drug-likeness (QED) is 0.777. The van der Waals surface area contributed by atoms with Crippen LogP contribution in [-0.2, 0) is 11.3 Å². The average Bonchev–Trinajstić information content (AvgIpc) is 3.01. The molecule has 1 aromatic carbocycles. The summed E-state index contributed by atoms with van der Waals surface area (Å²) in [5.41, 5.74) is 0.907. The lowest BCUT2D eigenvalue weighted by Gasteiger charge is -2.28. The van der Waals surface area contributed by atoms with Gasteiger partial charge in [-0.3, -0.25) is 4.79 Å². The van der Waals surface area contributed by atoms with Crippen LogP contribution in [0.5, 0.6) is 0 Å². The van der Waals surface area contributed by atoms with Gasteiger partial charge in [0.1, 0.15) is 6.54 Å². The van der Waals surface area contributed by atoms with Crippen LogP contribution in [-0.4, -0.2) is 27.0 Å². The summed E-state index contributed by atoms with van der Waals surface area (Å²) in [6.45, 7) is 8.43. The van der Waals surface area contributed by atoms with E-state index >= 15 is 0 Å². The van der Waals surface area contributed by atoms with Crippen molar-refractivity contribution >= 4 is 5.91 Å². The molecule has 0 fully saturated rings. The van der Waals surface area contributed by atoms with Crippen molar-refractivity contribution in [3.8, 4) is 11.4 Å². The Kier molecular flexibility index (Phi) is 5.90. The van der Waals surface area contributed by atoms with E-state index < -0.39 is 0 Å². The first-order chi connectivity index (χ1) is 11.0. The molecule has 23 heavy (non-hydrogen) atoms. The number of benzene rings is 1. The van der Waals surface area contributed by atoms with Crippen molar-refractivity contribution in [1.82, 2.24) is 15.0 Å². The fourth-order valence-electron chi connectivity index (χ4n) is 2.52. The fraction of sp³-hybridized carbons (Fsp3) is 0.500. The topological polar surface area (TPSA) is 59.2 Å². The molecule has 0 radical (unpaired) electrons. The van der Waals surface area contributed by atoms with Crippen LogP contribution in [0.4, 0.5) is 0 Å². The summed E-state index contributed by atoms with van der Waals surface area (Å²) in [7, 11) is 0. The van der Waals surface area contributed by atoms with E-state index in [1.807, 2.05) is 56.0 Å². The molecule has 0 saturated heterocycles. The number of hydrogen-bond donors (Lipinski definition) is 0. The average molecular weight is 315 g/mol. The summed E-state index contributed by atoms with van der Waals surface area (Å²) >= 11 is 0. The number of amides is 1. The van der Waals surface area contributed by atoms with Crippen molar-refractivity contribution in [2.24, 2.45) is 5.92 Å². The van der Waals surface area contributed by atoms with Crippen LogP contribution in [0, 0.1) is 5.92 Å². The number of nitrogens with zero attached hydrogens (tertiary/aromatic N) is 3. The molecule has 1 aromatic heterocycles. The summed E-state index contributed by atoms with van der Waals surface area (Å²) in [5.74, 6) is 1.17. The molecule has 5 nitrogen and oxygen atoms in total. The second-order valence-electron chi connectivity index (χ2n) is 6.13. The van der Waals surface area contributed by atoms with Gasteiger partial charge in [-0.15, -0.1) is 0 Å². The van der Waals surface area contributed by atoms with Gasteiger partial charge in [-0.2, -0.15) is 4.98 Å². The number of aromatic nitrogens is 2. The molecule has 0 aliphatic carbocycles. The summed E-state index contributed by atoms with van der Waals surface area (Å²) in [6.07, 6.45) is 1.89. The molecule has 5 heteroatoms. The minimum absolute atomic E-state index is 0.0129. The highest BCUT2D eigenvalue weighted by atomic mass is 16.5. The van der Waals surface area contributed by atoms with E-state index in [0.29, 0.717) is 18.3 Å². The molecule has 1 atom stereocenters. The molecule has 2 aromatic rings. The second kappa shape index (κ2) is 7.90. The van der Waals surface area contributed by atoms with Gasteiger partial charge < -0.3 is 9.42 Å². The van der Waals surface area contributed by atoms with Crippen molar-refractivity contribution in [3.63, 3.8) is 0 Å². The van der Waals surface area contributed by atoms with Gasteiger partial charge in [-0.1, -0.05) is 55.8 Å². The summed E-state index contributed by atoms with van der Waals surface area (Å²) in [5, 5.41) is 4.02. The van der Waals surface area contributed by atoms with Crippen LogP contribution in [0.15, 0.2) is 34.9 Å². The molecule has 1 amide bonds. The van der Waals surface area contributed by atoms with Crippen LogP contribution >= 0.6 is 0 Å². The minimum Gasteiger partial charge on any atom is -0.337 e. The van der Waals surface area contributed by atoms with Gasteiger partial charge in [0.2, 0.25) is 17.6 Å². The molecular formula is C18H25N3O2. The largest absolute Gasteiger partial charge is 0.337 e. The van der Waals surface area contributed by atoms with E-state index in [1.54, 1.807) is 0 Å². The van der Waals surface area contributed by atoms with Gasteiger partial charge in [0.25, 0.3) is 0 Å². The first kappa shape index (κ1) is 17.2. The highest BCUT2D eigenvalue weighted by Gasteiger charge is 2.24. The summed E-state index contributed by atoms with van der Waals surface area (Å²) < 4.78 is 5.33. The van der Waals surface area contributed by atoms with E-state index in [0.717, 1.165) is 18.4 Å². The maximum atomic E-state index is 12.6. The lowest BCUT2D eigenvalue weighted by molar-refractivity contribution is -0.138. The van der Waals surface area contributed by atoms with Gasteiger partial charge in [-0.25, -0.2) is 0 Å². The highest BCUT2D eigenvalue weighted by molar-refractivity contribution is 5.78. The third-order valence-corrected chi connectivity index (χ3v) is 3.86. The Labute approximate surface area is 137 Å². The Balaban J connectivity index is 2.12. The van der Waals surface area contributed by atoms with Crippen molar-refractivity contribution < 1.29 is 9.32 Å². The lowest BCUT2D eigenvalue weighted by Crippen LogP contribution is -2.39. The predicted octanol–water partition coefficient (Wildman–Crippen LogP) is 3.91. The van der Waals surface area contributed by atoms with E-state index in [9.17, 15) is 4.79 Å². The summed E-state index contributed by atoms with van der Waals surface area (Å²) in [6, 6.07) is 9.77. The van der Waals surface area contributed by atoms with Gasteiger partial charge in [0, 0.05) is 17.5 Å². The Morgan fingerprint density at radius 1 is 1.22 bits per heavy atom. The van der Waals surface area contributed by atoms with Crippen molar-refractivity contribution in [2.45, 2.75) is 53.1 Å². The predicted molar refractivity (Wildman–Crippen MR) is 89.5 cm³/mol. The molecule has 0 aliphatic rings. The number of rotatable bonds is 7. The minimum atomic E-state index is 0.0129. The smallest absolute Gasteiger partial charge is 0.246 e. The third-order valence-electron chi connectivity index (χ3n) is 3.86. The highest BCUT2D eigenvalue weighted by Crippen LogP contribution is 2.18. The summed E-state index contributed by atoms with van der Waals surface area (Å²) in [4.78, 5) is 18.8. The van der Waals surface area contributed by atoms with Crippen molar-refractivity contribution in [1.29, 1.82) is 0 Å². The molecule has 124 valence electrons. The van der Waals surface area contributed by atoms with E-state index in [-0.39, 0.29) is 17.9 Å². The van der Waals surface area contributed by atoms with Crippen molar-refractivity contribution in [2.75, 3.05) is 0 Å². The lowest BCUT2D eigenvalue weighted by atomic mass is 10.0. The Hall–Kier alpha value is -2.17. The van der Waals surface area contributed by atoms with Crippen LogP contribution in [0.2, 0.25) is 0 Å². The molecular weight excluding hydrogens is 290 g/mol. The van der Waals surface area contributed by atoms with Gasteiger partial charge >= 0.3 is 0 Å². The first-order valence-electron chi connectivity index (χ1n) is 8.21. The molecule has 0 bridgehead atoms. The van der Waals surface area contributed by atoms with E-state index in [2.05, 4.69) is 17.1 Å². The first-order valence-corrected chi connectivity index (χ1v) is 8.21. The standard InChI is InChI=1S/C18H25N3O2/c1-5-9-14(4)18(22)21(13(2)3)12-16-19-17(20-23-16)15-10-7-6-8-11-15/h6-8,10-11,13-14H,5,9,12H2,1-4H3/t14-/m0/s1. The zero-order chi connectivity index (χ0) is 16.8. The molecule has 0 saturated carbocycles. The molecule has 0 spiro atoms. The molecule has 0 aliphatic heterocycles. The SMILES string of the molecule is CCC[C@H](C)C(=O)N(Cc1nc(-c2ccccc2)no1)C(C)C. The zero-order valence-electron chi connectivity index (χ0n) is 14.3. The normalized spacial score (nSPS) is 12.4. The van der Waals surface area contributed by atoms with Gasteiger partial charge in [-0.05, 0) is 20.3 Å². The maximum Gasteiger partial charge on any atom is 0.246 e. The van der Waals surface area contributed by atoms with Crippen LogP contribution in [0.25, 0.3) is 11.4 Å². The van der Waals surface area contributed by atoms with Gasteiger partial charge in [0.15, 0.2) is 0 Å². The number of carbonyl (C=O) groups excluding carboxylic acids is 1. The third kappa shape index (κ3) is 4.41. The van der Waals surface area contributed by atoms with Crippen LogP contribution in [0.3, 0.4) is 0 Å². The Bertz CT molecular complexity index is 622. The Morgan fingerprint density at radius 3 is 2.52 bits per heavy atom. The maximum absolute atomic E-state index is 12.6. The molecule has 1 heterocycles. The number of hydrogen-bond acceptors (Lipinski definition) is 4. The second-order valence-corrected chi connectivity index (χ2v) is 6.13. The van der Waals surface area contributed by atoms with Crippen molar-refractivity contribution in [3.05, 3.63) is 36.2 Å². The molecule has 0 N–H and O–H groups in total. The fourth-order valence-corrected chi connectivity index (χ4v) is 2.52. The zero-order valence-corrected chi connectivity index (χ0v) is 14.3. The Morgan fingerprint density at radius 2 is 1.91 bits per heavy atom. The monoisotopic (exact) mass is 315 g/mol. The van der Waals surface area contributed by atoms with E-state index in [1.165, 1.54) is 0 Å². The van der Waals surface area contributed by atoms with E-state index in [4.69, 9.17) is 4.52 Å². The van der Waals surface area contributed by atoms with Gasteiger partial charge in [0.05, 0.1) is 0 Å². The van der Waals surface area contributed by atoms with Crippen LogP contribution in [0.1, 0.15) is 46.4 Å². The molecule has 0 unspecified atom stereocenters. The van der Waals surface area contributed by atoms with Crippen LogP contribution < -0.4 is 0 Å². The molecule has 2 rings (SSSR count).